The molecule has 0 aromatic carbocycles. The number of hydrogen-bond acceptors (Lipinski definition) is 5. The normalized spacial score (nSPS) is 10.3. The Kier molecular flexibility index (Phi) is 3.88. The fraction of sp³-hybridized carbons (Fsp3) is 0.250. The zero-order chi connectivity index (χ0) is 13.1. The Labute approximate surface area is 115 Å². The summed E-state index contributed by atoms with van der Waals surface area (Å²) >= 11 is 6.71. The van der Waals surface area contributed by atoms with Crippen molar-refractivity contribution in [2.75, 3.05) is 11.9 Å². The third kappa shape index (κ3) is 2.65. The number of anilines is 1. The van der Waals surface area contributed by atoms with Gasteiger partial charge < -0.3 is 10.6 Å². The van der Waals surface area contributed by atoms with Gasteiger partial charge in [0.2, 0.25) is 0 Å². The van der Waals surface area contributed by atoms with Crippen LogP contribution in [0.4, 0.5) is 5.69 Å². The number of thiazole rings is 1. The Bertz CT molecular complexity index is 565. The van der Waals surface area contributed by atoms with Crippen molar-refractivity contribution in [3.63, 3.8) is 0 Å². The second-order valence-corrected chi connectivity index (χ2v) is 5.35. The van der Waals surface area contributed by atoms with Crippen molar-refractivity contribution in [3.8, 4) is 0 Å². The first kappa shape index (κ1) is 12.9. The highest BCUT2D eigenvalue weighted by atomic mass is 32.1. The minimum Gasteiger partial charge on any atom is -0.389 e. The standard InChI is InChI=1S/C12H14N4S2/c1-8-11(18-7-15-8)6-16(2)10-5-14-4-3-9(10)12(13)17/h3-5,7H,6H2,1-2H3,(H2,13,17). The Morgan fingerprint density at radius 2 is 2.33 bits per heavy atom. The Balaban J connectivity index is 2.26. The number of aromatic nitrogens is 2. The number of pyridine rings is 1. The Morgan fingerprint density at radius 3 is 2.94 bits per heavy atom. The van der Waals surface area contributed by atoms with Gasteiger partial charge in [-0.25, -0.2) is 4.98 Å². The van der Waals surface area contributed by atoms with Crippen LogP contribution in [-0.2, 0) is 6.54 Å². The van der Waals surface area contributed by atoms with Crippen molar-refractivity contribution in [1.29, 1.82) is 0 Å². The van der Waals surface area contributed by atoms with E-state index < -0.39 is 0 Å². The molecule has 94 valence electrons. The molecule has 0 unspecified atom stereocenters. The average Bonchev–Trinajstić information content (AvgIpc) is 2.75. The second kappa shape index (κ2) is 5.41. The maximum absolute atomic E-state index is 5.72. The van der Waals surface area contributed by atoms with Crippen LogP contribution in [-0.4, -0.2) is 22.0 Å². The predicted molar refractivity (Wildman–Crippen MR) is 79.1 cm³/mol. The smallest absolute Gasteiger partial charge is 0.106 e. The van der Waals surface area contributed by atoms with Gasteiger partial charge in [-0.05, 0) is 13.0 Å². The highest BCUT2D eigenvalue weighted by molar-refractivity contribution is 7.80. The molecule has 6 heteroatoms. The summed E-state index contributed by atoms with van der Waals surface area (Å²) in [4.78, 5) is 12.1. The minimum atomic E-state index is 0.389. The molecule has 2 rings (SSSR count). The number of aryl methyl sites for hydroxylation is 1. The molecule has 2 aromatic rings. The third-order valence-electron chi connectivity index (χ3n) is 2.70. The van der Waals surface area contributed by atoms with Crippen LogP contribution in [0.25, 0.3) is 0 Å². The van der Waals surface area contributed by atoms with Crippen LogP contribution in [0.5, 0.6) is 0 Å². The van der Waals surface area contributed by atoms with Crippen LogP contribution in [0.3, 0.4) is 0 Å². The number of thiocarbonyl (C=S) groups is 1. The van der Waals surface area contributed by atoms with E-state index in [1.807, 2.05) is 25.5 Å². The molecule has 0 bridgehead atoms. The van der Waals surface area contributed by atoms with E-state index in [-0.39, 0.29) is 0 Å². The maximum atomic E-state index is 5.72. The Hall–Kier alpha value is -1.53. The first-order valence-corrected chi connectivity index (χ1v) is 6.72. The van der Waals surface area contributed by atoms with Gasteiger partial charge in [-0.15, -0.1) is 11.3 Å². The van der Waals surface area contributed by atoms with Crippen LogP contribution >= 0.6 is 23.6 Å². The lowest BCUT2D eigenvalue weighted by atomic mass is 10.2. The number of rotatable bonds is 4. The zero-order valence-electron chi connectivity index (χ0n) is 10.3. The molecule has 18 heavy (non-hydrogen) atoms. The summed E-state index contributed by atoms with van der Waals surface area (Å²) in [6, 6.07) is 1.84. The van der Waals surface area contributed by atoms with E-state index in [1.54, 1.807) is 23.7 Å². The summed E-state index contributed by atoms with van der Waals surface area (Å²) in [6.45, 7) is 2.79. The van der Waals surface area contributed by atoms with Gasteiger partial charge in [-0.2, -0.15) is 0 Å². The minimum absolute atomic E-state index is 0.389. The molecule has 0 atom stereocenters. The van der Waals surface area contributed by atoms with Crippen molar-refractivity contribution in [2.24, 2.45) is 5.73 Å². The quantitative estimate of drug-likeness (QED) is 0.868. The molecule has 0 radical (unpaired) electrons. The summed E-state index contributed by atoms with van der Waals surface area (Å²) in [5.74, 6) is 0. The Morgan fingerprint density at radius 1 is 1.56 bits per heavy atom. The first-order valence-electron chi connectivity index (χ1n) is 5.43. The molecule has 0 spiro atoms. The summed E-state index contributed by atoms with van der Waals surface area (Å²) in [5, 5.41) is 0. The third-order valence-corrected chi connectivity index (χ3v) is 3.84. The van der Waals surface area contributed by atoms with E-state index in [2.05, 4.69) is 14.9 Å². The molecule has 0 aliphatic carbocycles. The molecule has 0 saturated heterocycles. The molecular formula is C12H14N4S2. The van der Waals surface area contributed by atoms with E-state index in [1.165, 1.54) is 4.88 Å². The summed E-state index contributed by atoms with van der Waals surface area (Å²) < 4.78 is 0. The fourth-order valence-electron chi connectivity index (χ4n) is 1.68. The van der Waals surface area contributed by atoms with Crippen molar-refractivity contribution in [2.45, 2.75) is 13.5 Å². The topological polar surface area (TPSA) is 55.0 Å². The van der Waals surface area contributed by atoms with Crippen LogP contribution in [0, 0.1) is 6.92 Å². The van der Waals surface area contributed by atoms with Gasteiger partial charge >= 0.3 is 0 Å². The van der Waals surface area contributed by atoms with Crippen molar-refractivity contribution in [3.05, 3.63) is 40.1 Å². The van der Waals surface area contributed by atoms with Crippen molar-refractivity contribution < 1.29 is 0 Å². The van der Waals surface area contributed by atoms with Crippen molar-refractivity contribution >= 4 is 34.2 Å². The number of nitrogens with zero attached hydrogens (tertiary/aromatic N) is 3. The van der Waals surface area contributed by atoms with Crippen LogP contribution in [0.2, 0.25) is 0 Å². The van der Waals surface area contributed by atoms with E-state index in [0.717, 1.165) is 23.5 Å². The highest BCUT2D eigenvalue weighted by Gasteiger charge is 2.12. The molecule has 2 aromatic heterocycles. The van der Waals surface area contributed by atoms with Crippen LogP contribution in [0.15, 0.2) is 24.0 Å². The van der Waals surface area contributed by atoms with Gasteiger partial charge in [0.25, 0.3) is 0 Å². The van der Waals surface area contributed by atoms with Gasteiger partial charge in [0.05, 0.1) is 29.6 Å². The summed E-state index contributed by atoms with van der Waals surface area (Å²) in [6.07, 6.45) is 3.48. The van der Waals surface area contributed by atoms with E-state index >= 15 is 0 Å². The molecule has 0 fully saturated rings. The summed E-state index contributed by atoms with van der Waals surface area (Å²) in [7, 11) is 2.00. The number of hydrogen-bond donors (Lipinski definition) is 1. The molecule has 2 heterocycles. The summed E-state index contributed by atoms with van der Waals surface area (Å²) in [5.41, 5.74) is 10.4. The maximum Gasteiger partial charge on any atom is 0.106 e. The highest BCUT2D eigenvalue weighted by Crippen LogP contribution is 2.22. The van der Waals surface area contributed by atoms with Crippen molar-refractivity contribution in [1.82, 2.24) is 9.97 Å². The van der Waals surface area contributed by atoms with Gasteiger partial charge in [0.15, 0.2) is 0 Å². The zero-order valence-corrected chi connectivity index (χ0v) is 11.9. The van der Waals surface area contributed by atoms with E-state index in [9.17, 15) is 0 Å². The SMILES string of the molecule is Cc1ncsc1CN(C)c1cnccc1C(N)=S. The van der Waals surface area contributed by atoms with Gasteiger partial charge in [-0.3, -0.25) is 4.98 Å². The van der Waals surface area contributed by atoms with Gasteiger partial charge in [0, 0.05) is 23.7 Å². The van der Waals surface area contributed by atoms with E-state index in [4.69, 9.17) is 18.0 Å². The van der Waals surface area contributed by atoms with Crippen LogP contribution < -0.4 is 10.6 Å². The molecular weight excluding hydrogens is 264 g/mol. The molecule has 0 aliphatic rings. The predicted octanol–water partition coefficient (Wildman–Crippen LogP) is 2.12. The first-order chi connectivity index (χ1) is 8.59. The molecule has 2 N–H and O–H groups in total. The fourth-order valence-corrected chi connectivity index (χ4v) is 2.68. The molecule has 0 aliphatic heterocycles. The number of nitrogens with two attached hydrogens (primary N) is 1. The van der Waals surface area contributed by atoms with E-state index in [0.29, 0.717) is 4.99 Å². The molecule has 0 amide bonds. The lowest BCUT2D eigenvalue weighted by Crippen LogP contribution is -2.21. The molecule has 0 saturated carbocycles. The largest absolute Gasteiger partial charge is 0.389 e. The average molecular weight is 278 g/mol. The molecule has 4 nitrogen and oxygen atoms in total. The lowest BCUT2D eigenvalue weighted by Gasteiger charge is -2.21. The second-order valence-electron chi connectivity index (χ2n) is 3.97. The monoisotopic (exact) mass is 278 g/mol. The van der Waals surface area contributed by atoms with Crippen LogP contribution in [0.1, 0.15) is 16.1 Å². The van der Waals surface area contributed by atoms with Gasteiger partial charge in [0.1, 0.15) is 4.99 Å². The lowest BCUT2D eigenvalue weighted by molar-refractivity contribution is 0.919. The van der Waals surface area contributed by atoms with Gasteiger partial charge in [-0.1, -0.05) is 12.2 Å².